The van der Waals surface area contributed by atoms with Crippen LogP contribution in [0.5, 0.6) is 0 Å². The summed E-state index contributed by atoms with van der Waals surface area (Å²) in [5, 5.41) is 3.30. The van der Waals surface area contributed by atoms with Crippen molar-refractivity contribution in [2.75, 3.05) is 0 Å². The third-order valence-electron chi connectivity index (χ3n) is 5.05. The van der Waals surface area contributed by atoms with Gasteiger partial charge in [0, 0.05) is 34.8 Å². The molecular formula is C24H23NO. The van der Waals surface area contributed by atoms with Crippen molar-refractivity contribution in [3.8, 4) is 0 Å². The molecule has 1 heterocycles. The normalized spacial score (nSPS) is 11.3. The highest BCUT2D eigenvalue weighted by Crippen LogP contribution is 2.26. The van der Waals surface area contributed by atoms with E-state index in [1.54, 1.807) is 0 Å². The first-order chi connectivity index (χ1) is 12.8. The lowest BCUT2D eigenvalue weighted by Crippen LogP contribution is -2.01. The Morgan fingerprint density at radius 1 is 0.885 bits per heavy atom. The molecule has 130 valence electrons. The van der Waals surface area contributed by atoms with Crippen molar-refractivity contribution >= 4 is 27.5 Å². The number of rotatable bonds is 6. The summed E-state index contributed by atoms with van der Waals surface area (Å²) in [7, 11) is 0. The van der Waals surface area contributed by atoms with Crippen LogP contribution in [0.1, 0.15) is 42.1 Å². The van der Waals surface area contributed by atoms with Crippen LogP contribution in [0.15, 0.2) is 72.9 Å². The first-order valence-corrected chi connectivity index (χ1v) is 9.39. The van der Waals surface area contributed by atoms with E-state index in [4.69, 9.17) is 0 Å². The van der Waals surface area contributed by atoms with Crippen LogP contribution >= 0.6 is 0 Å². The third kappa shape index (κ3) is 3.03. The summed E-state index contributed by atoms with van der Waals surface area (Å²) in [4.78, 5) is 13.2. The second-order valence-electron chi connectivity index (χ2n) is 6.85. The smallest absolute Gasteiger partial charge is 0.195 e. The predicted octanol–water partition coefficient (Wildman–Crippen LogP) is 6.22. The number of ketones is 1. The number of fused-ring (bicyclic) bond motifs is 2. The fourth-order valence-corrected chi connectivity index (χ4v) is 3.63. The SMILES string of the molecule is CCCCCn1cc(C(=O)c2ccc3ccccc3c2)c2ccccc21. The van der Waals surface area contributed by atoms with Gasteiger partial charge in [-0.3, -0.25) is 4.79 Å². The highest BCUT2D eigenvalue weighted by Gasteiger charge is 2.16. The van der Waals surface area contributed by atoms with Crippen LogP contribution in [-0.2, 0) is 6.54 Å². The quantitative estimate of drug-likeness (QED) is 0.301. The number of carbonyl (C=O) groups is 1. The lowest BCUT2D eigenvalue weighted by atomic mass is 10.00. The van der Waals surface area contributed by atoms with Crippen LogP contribution in [0.25, 0.3) is 21.7 Å². The molecule has 0 unspecified atom stereocenters. The molecule has 0 fully saturated rings. The first kappa shape index (κ1) is 16.6. The van der Waals surface area contributed by atoms with Crippen molar-refractivity contribution < 1.29 is 4.79 Å². The molecule has 26 heavy (non-hydrogen) atoms. The number of carbonyl (C=O) groups excluding carboxylic acids is 1. The summed E-state index contributed by atoms with van der Waals surface area (Å²) in [5.41, 5.74) is 2.69. The zero-order valence-corrected chi connectivity index (χ0v) is 15.1. The van der Waals surface area contributed by atoms with Gasteiger partial charge in [-0.15, -0.1) is 0 Å². The third-order valence-corrected chi connectivity index (χ3v) is 5.05. The number of aromatic nitrogens is 1. The maximum atomic E-state index is 13.2. The lowest BCUT2D eigenvalue weighted by Gasteiger charge is -2.04. The number of hydrogen-bond acceptors (Lipinski definition) is 1. The molecule has 0 amide bonds. The van der Waals surface area contributed by atoms with Crippen LogP contribution in [-0.4, -0.2) is 10.4 Å². The Bertz CT molecular complexity index is 1070. The molecule has 4 aromatic rings. The molecule has 2 heteroatoms. The van der Waals surface area contributed by atoms with Crippen molar-refractivity contribution in [2.45, 2.75) is 32.7 Å². The molecule has 4 rings (SSSR count). The molecule has 0 saturated heterocycles. The summed E-state index contributed by atoms with van der Waals surface area (Å²) in [6.07, 6.45) is 5.58. The second-order valence-corrected chi connectivity index (χ2v) is 6.85. The Morgan fingerprint density at radius 3 is 2.50 bits per heavy atom. The molecule has 0 atom stereocenters. The van der Waals surface area contributed by atoms with E-state index < -0.39 is 0 Å². The van der Waals surface area contributed by atoms with E-state index in [-0.39, 0.29) is 5.78 Å². The maximum absolute atomic E-state index is 13.2. The average molecular weight is 341 g/mol. The minimum absolute atomic E-state index is 0.0983. The van der Waals surface area contributed by atoms with Gasteiger partial charge in [-0.25, -0.2) is 0 Å². The zero-order chi connectivity index (χ0) is 17.9. The van der Waals surface area contributed by atoms with Crippen LogP contribution in [0, 0.1) is 0 Å². The number of nitrogens with zero attached hydrogens (tertiary/aromatic N) is 1. The zero-order valence-electron chi connectivity index (χ0n) is 15.1. The number of aryl methyl sites for hydroxylation is 1. The van der Waals surface area contributed by atoms with Gasteiger partial charge in [0.25, 0.3) is 0 Å². The van der Waals surface area contributed by atoms with Gasteiger partial charge < -0.3 is 4.57 Å². The molecular weight excluding hydrogens is 318 g/mol. The molecule has 0 N–H and O–H groups in total. The van der Waals surface area contributed by atoms with Crippen LogP contribution in [0.2, 0.25) is 0 Å². The summed E-state index contributed by atoms with van der Waals surface area (Å²) < 4.78 is 2.24. The molecule has 2 nitrogen and oxygen atoms in total. The Balaban J connectivity index is 1.75. The number of unbranched alkanes of at least 4 members (excludes halogenated alkanes) is 2. The van der Waals surface area contributed by atoms with E-state index in [9.17, 15) is 4.79 Å². The Labute approximate surface area is 154 Å². The van der Waals surface area contributed by atoms with Gasteiger partial charge in [-0.05, 0) is 29.3 Å². The second kappa shape index (κ2) is 7.17. The van der Waals surface area contributed by atoms with E-state index >= 15 is 0 Å². The maximum Gasteiger partial charge on any atom is 0.195 e. The van der Waals surface area contributed by atoms with Gasteiger partial charge in [0.2, 0.25) is 0 Å². The summed E-state index contributed by atoms with van der Waals surface area (Å²) >= 11 is 0. The number of para-hydroxylation sites is 1. The van der Waals surface area contributed by atoms with Gasteiger partial charge in [0.05, 0.1) is 0 Å². The van der Waals surface area contributed by atoms with E-state index in [2.05, 4.69) is 35.8 Å². The van der Waals surface area contributed by atoms with Gasteiger partial charge >= 0.3 is 0 Å². The minimum atomic E-state index is 0.0983. The monoisotopic (exact) mass is 341 g/mol. The molecule has 0 aliphatic carbocycles. The van der Waals surface area contributed by atoms with E-state index in [1.165, 1.54) is 12.8 Å². The van der Waals surface area contributed by atoms with Gasteiger partial charge in [0.1, 0.15) is 0 Å². The van der Waals surface area contributed by atoms with E-state index in [0.717, 1.165) is 45.8 Å². The molecule has 0 saturated carbocycles. The molecule has 1 aromatic heterocycles. The highest BCUT2D eigenvalue weighted by atomic mass is 16.1. The minimum Gasteiger partial charge on any atom is -0.347 e. The van der Waals surface area contributed by atoms with Crippen LogP contribution in [0.4, 0.5) is 0 Å². The van der Waals surface area contributed by atoms with Crippen molar-refractivity contribution in [3.63, 3.8) is 0 Å². The Morgan fingerprint density at radius 2 is 1.65 bits per heavy atom. The molecule has 0 spiro atoms. The first-order valence-electron chi connectivity index (χ1n) is 9.39. The standard InChI is InChI=1S/C24H23NO/c1-2-3-8-15-25-17-22(21-11-6-7-12-23(21)25)24(26)20-14-13-18-9-4-5-10-19(18)16-20/h4-7,9-14,16-17H,2-3,8,15H2,1H3. The molecule has 0 bridgehead atoms. The Hall–Kier alpha value is -2.87. The number of benzene rings is 3. The van der Waals surface area contributed by atoms with Crippen molar-refractivity contribution in [2.24, 2.45) is 0 Å². The van der Waals surface area contributed by atoms with Gasteiger partial charge in [-0.1, -0.05) is 74.4 Å². The molecule has 0 aliphatic heterocycles. The largest absolute Gasteiger partial charge is 0.347 e. The molecule has 0 radical (unpaired) electrons. The number of hydrogen-bond donors (Lipinski definition) is 0. The topological polar surface area (TPSA) is 22.0 Å². The summed E-state index contributed by atoms with van der Waals surface area (Å²) in [6.45, 7) is 3.17. The van der Waals surface area contributed by atoms with Gasteiger partial charge in [-0.2, -0.15) is 0 Å². The van der Waals surface area contributed by atoms with Crippen LogP contribution < -0.4 is 0 Å². The fraction of sp³-hybridized carbons (Fsp3) is 0.208. The Kier molecular flexibility index (Phi) is 4.57. The van der Waals surface area contributed by atoms with Crippen LogP contribution in [0.3, 0.4) is 0 Å². The highest BCUT2D eigenvalue weighted by molar-refractivity contribution is 6.17. The van der Waals surface area contributed by atoms with Crippen molar-refractivity contribution in [3.05, 3.63) is 84.1 Å². The molecule has 3 aromatic carbocycles. The van der Waals surface area contributed by atoms with E-state index in [0.29, 0.717) is 0 Å². The lowest BCUT2D eigenvalue weighted by molar-refractivity contribution is 0.104. The summed E-state index contributed by atoms with van der Waals surface area (Å²) in [6, 6.07) is 22.3. The predicted molar refractivity (Wildman–Crippen MR) is 109 cm³/mol. The van der Waals surface area contributed by atoms with Crippen molar-refractivity contribution in [1.29, 1.82) is 0 Å². The summed E-state index contributed by atoms with van der Waals surface area (Å²) in [5.74, 6) is 0.0983. The average Bonchev–Trinajstić information content (AvgIpc) is 3.06. The van der Waals surface area contributed by atoms with E-state index in [1.807, 2.05) is 48.7 Å². The fourth-order valence-electron chi connectivity index (χ4n) is 3.63. The van der Waals surface area contributed by atoms with Crippen molar-refractivity contribution in [1.82, 2.24) is 4.57 Å². The molecule has 0 aliphatic rings. The van der Waals surface area contributed by atoms with Gasteiger partial charge in [0.15, 0.2) is 5.78 Å².